The lowest BCUT2D eigenvalue weighted by Crippen LogP contribution is -2.47. The minimum atomic E-state index is -4.20. The predicted octanol–water partition coefficient (Wildman–Crippen LogP) is -0.960. The van der Waals surface area contributed by atoms with Crippen molar-refractivity contribution in [3.63, 3.8) is 0 Å². The molecule has 1 unspecified atom stereocenters. The molecule has 3 N–H and O–H groups in total. The van der Waals surface area contributed by atoms with E-state index in [1.165, 1.54) is 11.6 Å². The van der Waals surface area contributed by atoms with E-state index in [2.05, 4.69) is 4.74 Å². The highest BCUT2D eigenvalue weighted by Gasteiger charge is 2.23. The zero-order valence-corrected chi connectivity index (χ0v) is 9.00. The van der Waals surface area contributed by atoms with Crippen LogP contribution in [0.25, 0.3) is 0 Å². The number of hydrogen-bond donors (Lipinski definition) is 3. The number of nitrogens with one attached hydrogen (secondary N) is 2. The summed E-state index contributed by atoms with van der Waals surface area (Å²) in [7, 11) is -3.22. The van der Waals surface area contributed by atoms with Gasteiger partial charge >= 0.3 is 22.3 Å². The van der Waals surface area contributed by atoms with E-state index in [1.807, 2.05) is 0 Å². The molecule has 0 aromatic heterocycles. The van der Waals surface area contributed by atoms with Gasteiger partial charge in [-0.25, -0.2) is 9.52 Å². The van der Waals surface area contributed by atoms with Crippen LogP contribution in [0.15, 0.2) is 0 Å². The maximum atomic E-state index is 11.1. The number of methoxy groups -OCH3 is 1. The average molecular weight is 240 g/mol. The standard InChI is InChI=1S/C6H12N2O6S/c1-3-4(5(9)10)7-15(12,13)8-6(11)14-2/h4,7H,3H2,1-2H3,(H,8,11)(H,9,10). The molecule has 0 aromatic rings. The summed E-state index contributed by atoms with van der Waals surface area (Å²) in [6, 6.07) is -1.29. The van der Waals surface area contributed by atoms with Crippen LogP contribution in [0, 0.1) is 0 Å². The number of carbonyl (C=O) groups excluding carboxylic acids is 1. The van der Waals surface area contributed by atoms with Gasteiger partial charge < -0.3 is 9.84 Å². The Labute approximate surface area is 86.8 Å². The molecule has 0 saturated carbocycles. The van der Waals surface area contributed by atoms with E-state index in [9.17, 15) is 18.0 Å². The molecule has 88 valence electrons. The van der Waals surface area contributed by atoms with E-state index in [0.717, 1.165) is 7.11 Å². The maximum Gasteiger partial charge on any atom is 0.421 e. The van der Waals surface area contributed by atoms with Gasteiger partial charge in [-0.05, 0) is 6.42 Å². The fraction of sp³-hybridized carbons (Fsp3) is 0.667. The van der Waals surface area contributed by atoms with Crippen molar-refractivity contribution < 1.29 is 27.9 Å². The summed E-state index contributed by atoms with van der Waals surface area (Å²) in [6.45, 7) is 1.49. The monoisotopic (exact) mass is 240 g/mol. The molecule has 0 aliphatic rings. The van der Waals surface area contributed by atoms with Crippen molar-refractivity contribution in [3.05, 3.63) is 0 Å². The van der Waals surface area contributed by atoms with Gasteiger partial charge in [0, 0.05) is 0 Å². The lowest BCUT2D eigenvalue weighted by molar-refractivity contribution is -0.139. The summed E-state index contributed by atoms with van der Waals surface area (Å²) in [6.07, 6.45) is -1.14. The van der Waals surface area contributed by atoms with Crippen molar-refractivity contribution in [2.45, 2.75) is 19.4 Å². The van der Waals surface area contributed by atoms with E-state index in [4.69, 9.17) is 5.11 Å². The fourth-order valence-corrected chi connectivity index (χ4v) is 1.68. The van der Waals surface area contributed by atoms with E-state index in [0.29, 0.717) is 0 Å². The molecular formula is C6H12N2O6S. The molecule has 9 heteroatoms. The van der Waals surface area contributed by atoms with Gasteiger partial charge in [-0.1, -0.05) is 6.92 Å². The Morgan fingerprint density at radius 3 is 2.33 bits per heavy atom. The number of amides is 1. The highest BCUT2D eigenvalue weighted by molar-refractivity contribution is 7.88. The van der Waals surface area contributed by atoms with Gasteiger partial charge in [0.05, 0.1) is 7.11 Å². The summed E-state index contributed by atoms with van der Waals surface area (Å²) in [4.78, 5) is 21.1. The third kappa shape index (κ3) is 5.18. The number of hydrogen-bond acceptors (Lipinski definition) is 5. The summed E-state index contributed by atoms with van der Waals surface area (Å²) in [5.74, 6) is -1.33. The second kappa shape index (κ2) is 5.51. The van der Waals surface area contributed by atoms with Crippen LogP contribution >= 0.6 is 0 Å². The lowest BCUT2D eigenvalue weighted by Gasteiger charge is -2.12. The first-order valence-corrected chi connectivity index (χ1v) is 5.41. The first-order valence-electron chi connectivity index (χ1n) is 3.93. The smallest absolute Gasteiger partial charge is 0.421 e. The van der Waals surface area contributed by atoms with Crippen LogP contribution in [-0.2, 0) is 19.7 Å². The van der Waals surface area contributed by atoms with E-state index in [1.54, 1.807) is 4.72 Å². The number of carboxylic acids is 1. The van der Waals surface area contributed by atoms with Crippen molar-refractivity contribution in [3.8, 4) is 0 Å². The second-order valence-electron chi connectivity index (χ2n) is 2.51. The molecule has 0 aliphatic heterocycles. The second-order valence-corrected chi connectivity index (χ2v) is 3.96. The van der Waals surface area contributed by atoms with Crippen LogP contribution in [-0.4, -0.2) is 38.7 Å². The molecule has 0 spiro atoms. The molecule has 0 saturated heterocycles. The van der Waals surface area contributed by atoms with Gasteiger partial charge in [0.15, 0.2) is 0 Å². The Kier molecular flexibility index (Phi) is 5.02. The van der Waals surface area contributed by atoms with Crippen LogP contribution in [0.5, 0.6) is 0 Å². The number of rotatable bonds is 5. The molecule has 0 radical (unpaired) electrons. The van der Waals surface area contributed by atoms with E-state index in [-0.39, 0.29) is 6.42 Å². The summed E-state index contributed by atoms with van der Waals surface area (Å²) >= 11 is 0. The minimum absolute atomic E-state index is 0.0530. The number of carbonyl (C=O) groups is 2. The topological polar surface area (TPSA) is 122 Å². The number of carboxylic acid groups (broad SMARTS) is 1. The van der Waals surface area contributed by atoms with E-state index < -0.39 is 28.3 Å². The first-order chi connectivity index (χ1) is 6.82. The Balaban J connectivity index is 4.49. The van der Waals surface area contributed by atoms with Crippen molar-refractivity contribution in [1.29, 1.82) is 0 Å². The zero-order chi connectivity index (χ0) is 12.1. The SMILES string of the molecule is CCC(NS(=O)(=O)NC(=O)OC)C(=O)O. The number of aliphatic carboxylic acids is 1. The average Bonchev–Trinajstić information content (AvgIpc) is 2.13. The first kappa shape index (κ1) is 13.7. The highest BCUT2D eigenvalue weighted by Crippen LogP contribution is 1.93. The minimum Gasteiger partial charge on any atom is -0.480 e. The third-order valence-corrected chi connectivity index (χ3v) is 2.44. The van der Waals surface area contributed by atoms with Crippen molar-refractivity contribution in [1.82, 2.24) is 9.44 Å². The Hall–Kier alpha value is -1.35. The molecule has 8 nitrogen and oxygen atoms in total. The molecule has 1 atom stereocenters. The van der Waals surface area contributed by atoms with Crippen LogP contribution in [0.1, 0.15) is 13.3 Å². The van der Waals surface area contributed by atoms with Crippen LogP contribution in [0.4, 0.5) is 4.79 Å². The molecule has 0 aromatic carbocycles. The summed E-state index contributed by atoms with van der Waals surface area (Å²) in [5.41, 5.74) is 0. The van der Waals surface area contributed by atoms with Gasteiger partial charge in [0.2, 0.25) is 0 Å². The van der Waals surface area contributed by atoms with E-state index >= 15 is 0 Å². The van der Waals surface area contributed by atoms with Crippen LogP contribution in [0.2, 0.25) is 0 Å². The van der Waals surface area contributed by atoms with Crippen molar-refractivity contribution in [2.24, 2.45) is 0 Å². The predicted molar refractivity (Wildman–Crippen MR) is 49.3 cm³/mol. The van der Waals surface area contributed by atoms with Gasteiger partial charge in [-0.15, -0.1) is 0 Å². The van der Waals surface area contributed by atoms with Crippen molar-refractivity contribution >= 4 is 22.3 Å². The molecule has 1 amide bonds. The third-order valence-electron chi connectivity index (χ3n) is 1.41. The largest absolute Gasteiger partial charge is 0.480 e. The summed E-state index contributed by atoms with van der Waals surface area (Å²) in [5, 5.41) is 8.56. The molecule has 15 heavy (non-hydrogen) atoms. The zero-order valence-electron chi connectivity index (χ0n) is 8.18. The molecule has 0 aliphatic carbocycles. The molecular weight excluding hydrogens is 228 g/mol. The maximum absolute atomic E-state index is 11.1. The molecule has 0 heterocycles. The van der Waals surface area contributed by atoms with Crippen LogP contribution in [0.3, 0.4) is 0 Å². The van der Waals surface area contributed by atoms with Gasteiger partial charge in [0.1, 0.15) is 6.04 Å². The quantitative estimate of drug-likeness (QED) is 0.569. The highest BCUT2D eigenvalue weighted by atomic mass is 32.2. The van der Waals surface area contributed by atoms with Gasteiger partial charge in [-0.3, -0.25) is 4.79 Å². The van der Waals surface area contributed by atoms with Gasteiger partial charge in [0.25, 0.3) is 0 Å². The summed E-state index contributed by atoms with van der Waals surface area (Å²) < 4.78 is 29.5. The van der Waals surface area contributed by atoms with Crippen LogP contribution < -0.4 is 9.44 Å². The Morgan fingerprint density at radius 2 is 2.00 bits per heavy atom. The number of ether oxygens (including phenoxy) is 1. The Bertz CT molecular complexity index is 338. The molecule has 0 bridgehead atoms. The molecule has 0 fully saturated rings. The van der Waals surface area contributed by atoms with Gasteiger partial charge in [-0.2, -0.15) is 13.1 Å². The molecule has 0 rings (SSSR count). The lowest BCUT2D eigenvalue weighted by atomic mass is 10.2. The van der Waals surface area contributed by atoms with Crippen molar-refractivity contribution in [2.75, 3.05) is 7.11 Å². The fourth-order valence-electron chi connectivity index (χ4n) is 0.676. The normalized spacial score (nSPS) is 12.9. The Morgan fingerprint density at radius 1 is 1.47 bits per heavy atom.